The third kappa shape index (κ3) is 19.4. The number of carbonyl (C=O) groups is 8. The predicted octanol–water partition coefficient (Wildman–Crippen LogP) is 1.83. The van der Waals surface area contributed by atoms with E-state index in [1.807, 2.05) is 30.3 Å². The number of hydrogen-bond acceptors (Lipinski definition) is 13. The van der Waals surface area contributed by atoms with Gasteiger partial charge in [0.25, 0.3) is 0 Å². The first-order chi connectivity index (χ1) is 36.4. The average molecular weight is 1080 g/mol. The van der Waals surface area contributed by atoms with E-state index in [1.165, 1.54) is 19.1 Å². The molecular formula is C55H67N9O10S2. The van der Waals surface area contributed by atoms with Crippen molar-refractivity contribution in [2.75, 3.05) is 18.1 Å². The summed E-state index contributed by atoms with van der Waals surface area (Å²) in [5.41, 5.74) is 15.0. The zero-order valence-corrected chi connectivity index (χ0v) is 44.2. The number of phenolic OH excluding ortho intramolecular Hbond substituents is 1. The van der Waals surface area contributed by atoms with Crippen LogP contribution in [0, 0.1) is 17.8 Å². The number of carboxylic acid groups (broad SMARTS) is 1. The van der Waals surface area contributed by atoms with Gasteiger partial charge < -0.3 is 58.9 Å². The molecule has 76 heavy (non-hydrogen) atoms. The number of carboxylic acids is 1. The first-order valence-electron chi connectivity index (χ1n) is 24.9. The Bertz CT molecular complexity index is 2670. The van der Waals surface area contributed by atoms with Crippen molar-refractivity contribution in [3.63, 3.8) is 0 Å². The number of benzene rings is 4. The molecule has 0 saturated carbocycles. The van der Waals surface area contributed by atoms with Crippen LogP contribution in [0.2, 0.25) is 0 Å². The lowest BCUT2D eigenvalue weighted by atomic mass is 10.00. The Morgan fingerprint density at radius 2 is 1.08 bits per heavy atom. The van der Waals surface area contributed by atoms with Gasteiger partial charge in [-0.2, -0.15) is 0 Å². The maximum Gasteiger partial charge on any atom is 0.326 e. The topological polar surface area (TPSA) is 313 Å². The molecule has 0 bridgehead atoms. The first-order valence-corrected chi connectivity index (χ1v) is 27.4. The summed E-state index contributed by atoms with van der Waals surface area (Å²) in [4.78, 5) is 112. The predicted molar refractivity (Wildman–Crippen MR) is 292 cm³/mol. The van der Waals surface area contributed by atoms with E-state index >= 15 is 0 Å². The number of nitrogens with two attached hydrogens (primary N) is 2. The fraction of sp³-hybridized carbons (Fsp3) is 0.382. The van der Waals surface area contributed by atoms with Gasteiger partial charge >= 0.3 is 5.97 Å². The number of phenols is 1. The molecule has 8 atom stereocenters. The van der Waals surface area contributed by atoms with Crippen LogP contribution in [0.5, 0.6) is 5.75 Å². The van der Waals surface area contributed by atoms with Crippen molar-refractivity contribution in [2.24, 2.45) is 17.4 Å². The van der Waals surface area contributed by atoms with Crippen molar-refractivity contribution in [1.29, 1.82) is 0 Å². The highest BCUT2D eigenvalue weighted by Crippen LogP contribution is 2.24. The standard InChI is InChI=1S/C55H67N9O10S2/c1-33(2)47(55(73)74)64-54(72)46-32-76-75-31-45(62-48(66)34(3)57)53(71)61-42(28-37-14-8-5-9-15-37)51(69)60-43(29-38-21-19-36(20-22-38)18-17-35-12-6-4-7-13-35)50(68)58-41(16-10-11-27-56)49(67)59-44(52(70)63-46)30-39-23-25-40(65)26-24-39/h4-9,12-15,19-26,33-34,41-47,65H,10-11,16,27-32,56-57H2,1-3H3,(H,58,68)(H,59,67)(H,60,69)(H,61,71)(H,62,66)(H,63,70)(H,64,72)(H,73,74)/t34-,41-,42-,43+,44-,45-,46-,47-/m0/s1. The Morgan fingerprint density at radius 1 is 0.618 bits per heavy atom. The van der Waals surface area contributed by atoms with Crippen LogP contribution >= 0.6 is 21.6 Å². The van der Waals surface area contributed by atoms with Crippen molar-refractivity contribution in [3.8, 4) is 17.6 Å². The monoisotopic (exact) mass is 1080 g/mol. The van der Waals surface area contributed by atoms with Gasteiger partial charge in [0.2, 0.25) is 41.4 Å². The summed E-state index contributed by atoms with van der Waals surface area (Å²) in [7, 11) is 2.06. The van der Waals surface area contributed by atoms with E-state index in [-0.39, 0.29) is 49.5 Å². The smallest absolute Gasteiger partial charge is 0.326 e. The van der Waals surface area contributed by atoms with Gasteiger partial charge in [-0.05, 0) is 91.7 Å². The van der Waals surface area contributed by atoms with Gasteiger partial charge in [-0.25, -0.2) is 4.79 Å². The molecule has 5 rings (SSSR count). The van der Waals surface area contributed by atoms with Crippen LogP contribution in [0.15, 0.2) is 109 Å². The minimum atomic E-state index is -1.42. The van der Waals surface area contributed by atoms with Crippen molar-refractivity contribution in [1.82, 2.24) is 37.2 Å². The summed E-state index contributed by atoms with van der Waals surface area (Å²) < 4.78 is 0. The molecule has 4 aromatic rings. The highest BCUT2D eigenvalue weighted by atomic mass is 33.1. The lowest BCUT2D eigenvalue weighted by Crippen LogP contribution is -2.61. The second kappa shape index (κ2) is 30.2. The number of amides is 7. The van der Waals surface area contributed by atoms with Crippen LogP contribution in [0.3, 0.4) is 0 Å². The van der Waals surface area contributed by atoms with Crippen LogP contribution in [0.4, 0.5) is 0 Å². The van der Waals surface area contributed by atoms with E-state index in [0.717, 1.165) is 27.2 Å². The van der Waals surface area contributed by atoms with E-state index in [1.54, 1.807) is 80.6 Å². The van der Waals surface area contributed by atoms with Crippen LogP contribution in [-0.4, -0.2) is 124 Å². The molecule has 1 fully saturated rings. The van der Waals surface area contributed by atoms with E-state index in [9.17, 15) is 48.6 Å². The molecule has 1 heterocycles. The summed E-state index contributed by atoms with van der Waals surface area (Å²) in [6.07, 6.45) is 0.560. The summed E-state index contributed by atoms with van der Waals surface area (Å²) >= 11 is 0. The zero-order valence-electron chi connectivity index (χ0n) is 42.6. The molecule has 0 unspecified atom stereocenters. The minimum absolute atomic E-state index is 0.0453. The number of aliphatic carboxylic acids is 1. The van der Waals surface area contributed by atoms with Gasteiger partial charge in [0.1, 0.15) is 48.0 Å². The van der Waals surface area contributed by atoms with Gasteiger partial charge in [0.05, 0.1) is 6.04 Å². The van der Waals surface area contributed by atoms with Crippen LogP contribution in [0.25, 0.3) is 0 Å². The number of unbranched alkanes of at least 4 members (excludes halogenated alkanes) is 1. The van der Waals surface area contributed by atoms with Crippen molar-refractivity contribution >= 4 is 68.9 Å². The average Bonchev–Trinajstić information content (AvgIpc) is 3.39. The quantitative estimate of drug-likeness (QED) is 0.0434. The Morgan fingerprint density at radius 3 is 1.61 bits per heavy atom. The third-order valence-electron chi connectivity index (χ3n) is 12.1. The number of hydrogen-bond donors (Lipinski definition) is 11. The first kappa shape index (κ1) is 59.5. The van der Waals surface area contributed by atoms with E-state index in [4.69, 9.17) is 11.5 Å². The molecule has 1 aliphatic heterocycles. The summed E-state index contributed by atoms with van der Waals surface area (Å²) in [5, 5.41) is 39.0. The molecule has 404 valence electrons. The largest absolute Gasteiger partial charge is 0.508 e. The van der Waals surface area contributed by atoms with Gasteiger partial charge in [-0.3, -0.25) is 33.6 Å². The maximum atomic E-state index is 14.8. The van der Waals surface area contributed by atoms with Crippen molar-refractivity contribution < 1.29 is 48.6 Å². The van der Waals surface area contributed by atoms with E-state index < -0.39 is 102 Å². The van der Waals surface area contributed by atoms with E-state index in [0.29, 0.717) is 35.1 Å². The molecule has 13 N–H and O–H groups in total. The molecule has 19 nitrogen and oxygen atoms in total. The summed E-state index contributed by atoms with van der Waals surface area (Å²) in [5.74, 6) is -1.56. The Balaban J connectivity index is 1.59. The van der Waals surface area contributed by atoms with Crippen LogP contribution in [-0.2, 0) is 57.6 Å². The number of nitrogens with one attached hydrogen (secondary N) is 7. The van der Waals surface area contributed by atoms with Gasteiger partial charge in [-0.15, -0.1) is 0 Å². The second-order valence-corrected chi connectivity index (χ2v) is 21.2. The Labute approximate surface area is 450 Å². The Hall–Kier alpha value is -7.38. The highest BCUT2D eigenvalue weighted by Gasteiger charge is 2.36. The van der Waals surface area contributed by atoms with Crippen LogP contribution in [0.1, 0.15) is 67.9 Å². The number of aromatic hydroxyl groups is 1. The van der Waals surface area contributed by atoms with Crippen LogP contribution < -0.4 is 48.7 Å². The molecule has 0 aromatic heterocycles. The van der Waals surface area contributed by atoms with Crippen molar-refractivity contribution in [2.45, 2.75) is 108 Å². The summed E-state index contributed by atoms with van der Waals surface area (Å²) in [6, 6.07) is 20.6. The molecular weight excluding hydrogens is 1010 g/mol. The normalized spacial score (nSPS) is 20.9. The molecule has 0 aliphatic carbocycles. The lowest BCUT2D eigenvalue weighted by Gasteiger charge is -2.29. The minimum Gasteiger partial charge on any atom is -0.508 e. The third-order valence-corrected chi connectivity index (χ3v) is 14.5. The summed E-state index contributed by atoms with van der Waals surface area (Å²) in [6.45, 7) is 4.89. The fourth-order valence-electron chi connectivity index (χ4n) is 7.76. The molecule has 0 spiro atoms. The molecule has 7 amide bonds. The highest BCUT2D eigenvalue weighted by molar-refractivity contribution is 8.76. The van der Waals surface area contributed by atoms with Gasteiger partial charge in [0, 0.05) is 41.9 Å². The Kier molecular flexibility index (Phi) is 23.7. The maximum absolute atomic E-state index is 14.8. The molecule has 4 aromatic carbocycles. The lowest BCUT2D eigenvalue weighted by molar-refractivity contribution is -0.143. The van der Waals surface area contributed by atoms with Gasteiger partial charge in [0.15, 0.2) is 0 Å². The fourth-order valence-corrected chi connectivity index (χ4v) is 10.1. The molecule has 21 heteroatoms. The number of carbonyl (C=O) groups excluding carboxylic acids is 7. The van der Waals surface area contributed by atoms with Crippen molar-refractivity contribution in [3.05, 3.63) is 137 Å². The number of rotatable bonds is 16. The molecule has 1 aliphatic rings. The molecule has 0 radical (unpaired) electrons. The van der Waals surface area contributed by atoms with E-state index in [2.05, 4.69) is 49.1 Å². The van der Waals surface area contributed by atoms with Gasteiger partial charge in [-0.1, -0.05) is 120 Å². The molecule has 1 saturated heterocycles. The SMILES string of the molecule is CC(C)[C@H](NC(=O)[C@@H]1CSSC[C@H](NC(=O)[C@H](C)N)C(=O)N[C@@H](Cc2ccccc2)C(=O)N[C@H](Cc2ccc(C#Cc3ccccc3)cc2)C(=O)N[C@@H](CCCCN)C(=O)N[C@@H](Cc2ccc(O)cc2)C(=O)N1)C(=O)O. The second-order valence-electron chi connectivity index (χ2n) is 18.7. The zero-order chi connectivity index (χ0) is 55.1.